The molecule has 0 fully saturated rings. The molecular formula is C14H24N2. The molecule has 16 heavy (non-hydrogen) atoms. The summed E-state index contributed by atoms with van der Waals surface area (Å²) >= 11 is 0. The Bertz CT molecular complexity index is 307. The molecule has 0 spiro atoms. The fourth-order valence-electron chi connectivity index (χ4n) is 1.44. The molecule has 0 rings (SSSR count). The highest BCUT2D eigenvalue weighted by Gasteiger charge is 2.02. The largest absolute Gasteiger partial charge is 0.271 e. The van der Waals surface area contributed by atoms with Gasteiger partial charge >= 0.3 is 0 Å². The van der Waals surface area contributed by atoms with Gasteiger partial charge in [-0.25, -0.2) is 4.99 Å². The van der Waals surface area contributed by atoms with Gasteiger partial charge in [-0.3, -0.25) is 4.99 Å². The third-order valence-electron chi connectivity index (χ3n) is 2.46. The molecule has 0 aliphatic carbocycles. The van der Waals surface area contributed by atoms with Crippen LogP contribution in [-0.2, 0) is 0 Å². The standard InChI is InChI=1S/C14H24N2/c1-7-13(8-2)12(6)14(9-3)16-10-15-11(4)5/h7,10-11H,1,8-9H2,2-6H3/b13-12-,15-10?,16-14?. The molecule has 0 bridgehead atoms. The number of aliphatic imine (C=N–C) groups is 2. The van der Waals surface area contributed by atoms with Gasteiger partial charge in [0.15, 0.2) is 0 Å². The van der Waals surface area contributed by atoms with E-state index in [1.807, 2.05) is 19.9 Å². The highest BCUT2D eigenvalue weighted by atomic mass is 14.9. The van der Waals surface area contributed by atoms with Crippen molar-refractivity contribution in [3.05, 3.63) is 23.8 Å². The Hall–Kier alpha value is -1.18. The van der Waals surface area contributed by atoms with Gasteiger partial charge in [-0.15, -0.1) is 0 Å². The Morgan fingerprint density at radius 1 is 1.25 bits per heavy atom. The molecule has 2 nitrogen and oxygen atoms in total. The smallest absolute Gasteiger partial charge is 0.110 e. The Labute approximate surface area is 99.9 Å². The summed E-state index contributed by atoms with van der Waals surface area (Å²) in [7, 11) is 0. The van der Waals surface area contributed by atoms with Gasteiger partial charge in [0.1, 0.15) is 6.34 Å². The second-order valence-electron chi connectivity index (χ2n) is 4.00. The topological polar surface area (TPSA) is 24.7 Å². The zero-order chi connectivity index (χ0) is 12.6. The van der Waals surface area contributed by atoms with Crippen LogP contribution in [0.5, 0.6) is 0 Å². The first-order valence-electron chi connectivity index (χ1n) is 5.97. The summed E-state index contributed by atoms with van der Waals surface area (Å²) in [5.41, 5.74) is 3.59. The molecule has 0 aliphatic heterocycles. The maximum absolute atomic E-state index is 4.42. The zero-order valence-electron chi connectivity index (χ0n) is 11.2. The van der Waals surface area contributed by atoms with Crippen LogP contribution in [0.15, 0.2) is 33.8 Å². The first-order chi connectivity index (χ1) is 7.56. The van der Waals surface area contributed by atoms with Crippen molar-refractivity contribution in [1.82, 2.24) is 0 Å². The Kier molecular flexibility index (Phi) is 7.44. The van der Waals surface area contributed by atoms with Gasteiger partial charge in [-0.2, -0.15) is 0 Å². The zero-order valence-corrected chi connectivity index (χ0v) is 11.2. The first kappa shape index (κ1) is 14.8. The molecule has 2 heteroatoms. The molecule has 0 amide bonds. The third-order valence-corrected chi connectivity index (χ3v) is 2.46. The SMILES string of the molecule is C=C/C(CC)=C(\C)C(CC)=NC=NC(C)C. The molecular weight excluding hydrogens is 196 g/mol. The molecule has 0 N–H and O–H groups in total. The lowest BCUT2D eigenvalue weighted by Gasteiger charge is -2.07. The summed E-state index contributed by atoms with van der Waals surface area (Å²) in [6.07, 6.45) is 5.51. The van der Waals surface area contributed by atoms with Gasteiger partial charge in [0.25, 0.3) is 0 Å². The van der Waals surface area contributed by atoms with E-state index in [1.165, 1.54) is 11.1 Å². The molecule has 0 atom stereocenters. The maximum Gasteiger partial charge on any atom is 0.110 e. The summed E-state index contributed by atoms with van der Waals surface area (Å²) in [5.74, 6) is 0. The summed E-state index contributed by atoms with van der Waals surface area (Å²) in [5, 5.41) is 0. The molecule has 0 heterocycles. The number of rotatable bonds is 6. The van der Waals surface area contributed by atoms with Crippen LogP contribution in [0.1, 0.15) is 47.5 Å². The van der Waals surface area contributed by atoms with E-state index in [9.17, 15) is 0 Å². The normalized spacial score (nSPS) is 14.5. The number of nitrogens with zero attached hydrogens (tertiary/aromatic N) is 2. The van der Waals surface area contributed by atoms with E-state index in [0.29, 0.717) is 6.04 Å². The van der Waals surface area contributed by atoms with Crippen molar-refractivity contribution in [2.24, 2.45) is 9.98 Å². The van der Waals surface area contributed by atoms with E-state index >= 15 is 0 Å². The highest BCUT2D eigenvalue weighted by Crippen LogP contribution is 2.12. The first-order valence-corrected chi connectivity index (χ1v) is 5.97. The number of allylic oxidation sites excluding steroid dienone is 3. The minimum atomic E-state index is 0.302. The molecule has 90 valence electrons. The van der Waals surface area contributed by atoms with E-state index in [4.69, 9.17) is 0 Å². The minimum Gasteiger partial charge on any atom is -0.271 e. The fourth-order valence-corrected chi connectivity index (χ4v) is 1.44. The third kappa shape index (κ3) is 5.06. The summed E-state index contributed by atoms with van der Waals surface area (Å²) in [4.78, 5) is 8.66. The van der Waals surface area contributed by atoms with E-state index in [-0.39, 0.29) is 0 Å². The second kappa shape index (κ2) is 8.03. The molecule has 0 aliphatic rings. The quantitative estimate of drug-likeness (QED) is 0.364. The van der Waals surface area contributed by atoms with Crippen molar-refractivity contribution in [1.29, 1.82) is 0 Å². The van der Waals surface area contributed by atoms with Crippen LogP contribution in [-0.4, -0.2) is 18.1 Å². The van der Waals surface area contributed by atoms with Crippen molar-refractivity contribution in [3.63, 3.8) is 0 Å². The summed E-state index contributed by atoms with van der Waals surface area (Å²) < 4.78 is 0. The Balaban J connectivity index is 4.99. The van der Waals surface area contributed by atoms with Crippen LogP contribution in [0.25, 0.3) is 0 Å². The fraction of sp³-hybridized carbons (Fsp3) is 0.571. The van der Waals surface area contributed by atoms with E-state index < -0.39 is 0 Å². The van der Waals surface area contributed by atoms with Gasteiger partial charge in [0.05, 0.1) is 0 Å². The molecule has 0 saturated carbocycles. The van der Waals surface area contributed by atoms with E-state index in [0.717, 1.165) is 18.6 Å². The molecule has 0 aromatic heterocycles. The average Bonchev–Trinajstić information content (AvgIpc) is 2.25. The van der Waals surface area contributed by atoms with Crippen molar-refractivity contribution < 1.29 is 0 Å². The molecule has 0 unspecified atom stereocenters. The number of hydrogen-bond donors (Lipinski definition) is 0. The van der Waals surface area contributed by atoms with Crippen molar-refractivity contribution >= 4 is 12.1 Å². The second-order valence-corrected chi connectivity index (χ2v) is 4.00. The van der Waals surface area contributed by atoms with Gasteiger partial charge in [0.2, 0.25) is 0 Å². The average molecular weight is 220 g/mol. The molecule has 0 radical (unpaired) electrons. The number of hydrogen-bond acceptors (Lipinski definition) is 1. The van der Waals surface area contributed by atoms with E-state index in [1.54, 1.807) is 6.34 Å². The van der Waals surface area contributed by atoms with Crippen molar-refractivity contribution in [2.45, 2.75) is 53.5 Å². The summed E-state index contributed by atoms with van der Waals surface area (Å²) in [6, 6.07) is 0.302. The minimum absolute atomic E-state index is 0.302. The van der Waals surface area contributed by atoms with Crippen LogP contribution in [0, 0.1) is 0 Å². The van der Waals surface area contributed by atoms with Crippen LogP contribution in [0.4, 0.5) is 0 Å². The Morgan fingerprint density at radius 2 is 1.88 bits per heavy atom. The van der Waals surface area contributed by atoms with Crippen LogP contribution < -0.4 is 0 Å². The van der Waals surface area contributed by atoms with Gasteiger partial charge in [-0.05, 0) is 44.8 Å². The lowest BCUT2D eigenvalue weighted by molar-refractivity contribution is 0.839. The lowest BCUT2D eigenvalue weighted by atomic mass is 10.0. The van der Waals surface area contributed by atoms with Gasteiger partial charge in [0, 0.05) is 11.8 Å². The molecule has 0 saturated heterocycles. The van der Waals surface area contributed by atoms with Crippen molar-refractivity contribution in [3.8, 4) is 0 Å². The van der Waals surface area contributed by atoms with Gasteiger partial charge < -0.3 is 0 Å². The molecule has 0 aromatic rings. The van der Waals surface area contributed by atoms with Crippen molar-refractivity contribution in [2.75, 3.05) is 0 Å². The predicted octanol–water partition coefficient (Wildman–Crippen LogP) is 4.19. The summed E-state index contributed by atoms with van der Waals surface area (Å²) in [6.45, 7) is 14.3. The van der Waals surface area contributed by atoms with Crippen LogP contribution in [0.3, 0.4) is 0 Å². The predicted molar refractivity (Wildman–Crippen MR) is 74.5 cm³/mol. The van der Waals surface area contributed by atoms with E-state index in [2.05, 4.69) is 37.3 Å². The highest BCUT2D eigenvalue weighted by molar-refractivity contribution is 6.03. The molecule has 0 aromatic carbocycles. The van der Waals surface area contributed by atoms with Crippen LogP contribution >= 0.6 is 0 Å². The lowest BCUT2D eigenvalue weighted by Crippen LogP contribution is -2.02. The monoisotopic (exact) mass is 220 g/mol. The van der Waals surface area contributed by atoms with Crippen LogP contribution in [0.2, 0.25) is 0 Å². The maximum atomic E-state index is 4.42. The Morgan fingerprint density at radius 3 is 2.25 bits per heavy atom. The van der Waals surface area contributed by atoms with Gasteiger partial charge in [-0.1, -0.05) is 26.5 Å².